The molecular weight excluding hydrogens is 248 g/mol. The van der Waals surface area contributed by atoms with Gasteiger partial charge in [0.2, 0.25) is 0 Å². The van der Waals surface area contributed by atoms with Crippen molar-refractivity contribution in [3.8, 4) is 5.75 Å². The van der Waals surface area contributed by atoms with Crippen LogP contribution < -0.4 is 5.32 Å². The Kier molecular flexibility index (Phi) is 4.00. The van der Waals surface area contributed by atoms with Crippen LogP contribution in [0.5, 0.6) is 5.75 Å². The molecule has 0 aliphatic rings. The van der Waals surface area contributed by atoms with Gasteiger partial charge in [0, 0.05) is 5.56 Å². The Morgan fingerprint density at radius 1 is 1.11 bits per heavy atom. The Balaban J connectivity index is 2.30. The van der Waals surface area contributed by atoms with Crippen molar-refractivity contribution < 1.29 is 13.9 Å². The smallest absolute Gasteiger partial charge is 0.181 e. The van der Waals surface area contributed by atoms with Crippen LogP contribution >= 0.6 is 0 Å². The van der Waals surface area contributed by atoms with Crippen LogP contribution in [-0.4, -0.2) is 5.11 Å². The zero-order valence-corrected chi connectivity index (χ0v) is 10.5. The van der Waals surface area contributed by atoms with E-state index in [9.17, 15) is 13.9 Å². The van der Waals surface area contributed by atoms with Crippen LogP contribution in [0.25, 0.3) is 0 Å². The lowest BCUT2D eigenvalue weighted by molar-refractivity contribution is 0.462. The highest BCUT2D eigenvalue weighted by Gasteiger charge is 2.16. The minimum Gasteiger partial charge on any atom is -0.508 e. The fourth-order valence-electron chi connectivity index (χ4n) is 1.98. The van der Waals surface area contributed by atoms with Crippen molar-refractivity contribution >= 4 is 5.69 Å². The summed E-state index contributed by atoms with van der Waals surface area (Å²) in [5.74, 6) is -1.66. The number of phenolic OH excluding ortho intramolecular Hbond substituents is 1. The molecule has 19 heavy (non-hydrogen) atoms. The molecule has 0 aromatic heterocycles. The van der Waals surface area contributed by atoms with Crippen molar-refractivity contribution in [2.75, 3.05) is 5.32 Å². The molecule has 2 aromatic rings. The van der Waals surface area contributed by atoms with Gasteiger partial charge in [-0.25, -0.2) is 8.78 Å². The van der Waals surface area contributed by atoms with Gasteiger partial charge in [-0.3, -0.25) is 0 Å². The van der Waals surface area contributed by atoms with Gasteiger partial charge in [-0.1, -0.05) is 31.2 Å². The number of aromatic hydroxyl groups is 1. The number of benzene rings is 2. The number of rotatable bonds is 4. The minimum atomic E-state index is -0.906. The third-order valence-corrected chi connectivity index (χ3v) is 3.00. The largest absolute Gasteiger partial charge is 0.508 e. The minimum absolute atomic E-state index is 0.0927. The predicted octanol–water partition coefficient (Wildman–Crippen LogP) is 4.23. The first-order chi connectivity index (χ1) is 9.13. The molecule has 0 radical (unpaired) electrons. The van der Waals surface area contributed by atoms with Gasteiger partial charge in [-0.2, -0.15) is 0 Å². The Morgan fingerprint density at radius 3 is 2.53 bits per heavy atom. The standard InChI is InChI=1S/C15H15F2NO/c1-2-12(10-6-3-4-9-14(10)19)18-13-8-5-7-11(16)15(13)17/h3-9,12,18-19H,2H2,1H3. The first-order valence-electron chi connectivity index (χ1n) is 6.12. The van der Waals surface area contributed by atoms with E-state index >= 15 is 0 Å². The van der Waals surface area contributed by atoms with E-state index in [1.165, 1.54) is 12.1 Å². The number of phenols is 1. The molecule has 100 valence electrons. The third kappa shape index (κ3) is 2.84. The molecule has 0 bridgehead atoms. The molecule has 2 nitrogen and oxygen atoms in total. The molecule has 1 atom stereocenters. The van der Waals surface area contributed by atoms with Gasteiger partial charge in [-0.15, -0.1) is 0 Å². The van der Waals surface area contributed by atoms with E-state index in [1.807, 2.05) is 6.92 Å². The average Bonchev–Trinajstić information content (AvgIpc) is 2.41. The molecule has 2 N–H and O–H groups in total. The van der Waals surface area contributed by atoms with E-state index in [4.69, 9.17) is 0 Å². The van der Waals surface area contributed by atoms with Crippen molar-refractivity contribution in [3.63, 3.8) is 0 Å². The molecule has 4 heteroatoms. The summed E-state index contributed by atoms with van der Waals surface area (Å²) >= 11 is 0. The molecule has 0 fully saturated rings. The summed E-state index contributed by atoms with van der Waals surface area (Å²) in [6.45, 7) is 1.90. The Labute approximate surface area is 110 Å². The second-order valence-electron chi connectivity index (χ2n) is 4.27. The van der Waals surface area contributed by atoms with Gasteiger partial charge >= 0.3 is 0 Å². The number of nitrogens with one attached hydrogen (secondary N) is 1. The molecule has 0 amide bonds. The number of anilines is 1. The third-order valence-electron chi connectivity index (χ3n) is 3.00. The van der Waals surface area contributed by atoms with Crippen LogP contribution in [-0.2, 0) is 0 Å². The van der Waals surface area contributed by atoms with Gasteiger partial charge < -0.3 is 10.4 Å². The normalized spacial score (nSPS) is 12.2. The maximum Gasteiger partial charge on any atom is 0.181 e. The Morgan fingerprint density at radius 2 is 1.84 bits per heavy atom. The second-order valence-corrected chi connectivity index (χ2v) is 4.27. The Bertz CT molecular complexity index is 572. The Hall–Kier alpha value is -2.10. The fourth-order valence-corrected chi connectivity index (χ4v) is 1.98. The van der Waals surface area contributed by atoms with Gasteiger partial charge in [0.05, 0.1) is 11.7 Å². The van der Waals surface area contributed by atoms with E-state index in [0.29, 0.717) is 12.0 Å². The van der Waals surface area contributed by atoms with Crippen molar-refractivity contribution in [2.45, 2.75) is 19.4 Å². The lowest BCUT2D eigenvalue weighted by Crippen LogP contribution is -2.11. The molecule has 0 spiro atoms. The predicted molar refractivity (Wildman–Crippen MR) is 71.1 cm³/mol. The monoisotopic (exact) mass is 263 g/mol. The lowest BCUT2D eigenvalue weighted by Gasteiger charge is -2.20. The second kappa shape index (κ2) is 5.69. The number of para-hydroxylation sites is 1. The lowest BCUT2D eigenvalue weighted by atomic mass is 10.0. The van der Waals surface area contributed by atoms with Crippen molar-refractivity contribution in [1.82, 2.24) is 0 Å². The molecule has 2 aromatic carbocycles. The van der Waals surface area contributed by atoms with Gasteiger partial charge in [0.25, 0.3) is 0 Å². The summed E-state index contributed by atoms with van der Waals surface area (Å²) in [7, 11) is 0. The van der Waals surface area contributed by atoms with Gasteiger partial charge in [0.15, 0.2) is 11.6 Å². The molecular formula is C15H15F2NO. The van der Waals surface area contributed by atoms with E-state index in [2.05, 4.69) is 5.32 Å². The average molecular weight is 263 g/mol. The molecule has 1 unspecified atom stereocenters. The fraction of sp³-hybridized carbons (Fsp3) is 0.200. The number of halogens is 2. The zero-order valence-electron chi connectivity index (χ0n) is 10.5. The molecule has 0 aliphatic heterocycles. The molecule has 0 saturated heterocycles. The van der Waals surface area contributed by atoms with Crippen molar-refractivity contribution in [3.05, 3.63) is 59.7 Å². The summed E-state index contributed by atoms with van der Waals surface area (Å²) in [5.41, 5.74) is 0.753. The van der Waals surface area contributed by atoms with Gasteiger partial charge in [-0.05, 0) is 24.6 Å². The first-order valence-corrected chi connectivity index (χ1v) is 6.12. The van der Waals surface area contributed by atoms with Gasteiger partial charge in [0.1, 0.15) is 5.75 Å². The number of hydrogen-bond donors (Lipinski definition) is 2. The topological polar surface area (TPSA) is 32.3 Å². The maximum atomic E-state index is 13.6. The van der Waals surface area contributed by atoms with Crippen LogP contribution in [0, 0.1) is 11.6 Å². The van der Waals surface area contributed by atoms with Crippen molar-refractivity contribution in [2.24, 2.45) is 0 Å². The highest BCUT2D eigenvalue weighted by molar-refractivity contribution is 5.49. The summed E-state index contributed by atoms with van der Waals surface area (Å²) in [4.78, 5) is 0. The van der Waals surface area contributed by atoms with Crippen LogP contribution in [0.4, 0.5) is 14.5 Å². The van der Waals surface area contributed by atoms with E-state index in [0.717, 1.165) is 6.07 Å². The highest BCUT2D eigenvalue weighted by atomic mass is 19.2. The molecule has 2 rings (SSSR count). The van der Waals surface area contributed by atoms with Crippen LogP contribution in [0.3, 0.4) is 0 Å². The summed E-state index contributed by atoms with van der Waals surface area (Å²) < 4.78 is 26.8. The van der Waals surface area contributed by atoms with Crippen LogP contribution in [0.1, 0.15) is 24.9 Å². The SMILES string of the molecule is CCC(Nc1cccc(F)c1F)c1ccccc1O. The van der Waals surface area contributed by atoms with Crippen LogP contribution in [0.15, 0.2) is 42.5 Å². The first kappa shape index (κ1) is 13.3. The number of hydrogen-bond acceptors (Lipinski definition) is 2. The summed E-state index contributed by atoms with van der Waals surface area (Å²) in [6.07, 6.45) is 0.632. The zero-order chi connectivity index (χ0) is 13.8. The van der Waals surface area contributed by atoms with E-state index in [-0.39, 0.29) is 17.5 Å². The molecule has 0 aliphatic carbocycles. The molecule has 0 saturated carbocycles. The molecule has 0 heterocycles. The summed E-state index contributed by atoms with van der Waals surface area (Å²) in [6, 6.07) is 10.5. The van der Waals surface area contributed by atoms with Crippen molar-refractivity contribution in [1.29, 1.82) is 0 Å². The maximum absolute atomic E-state index is 13.6. The van der Waals surface area contributed by atoms with Crippen LogP contribution in [0.2, 0.25) is 0 Å². The van der Waals surface area contributed by atoms with E-state index < -0.39 is 11.6 Å². The quantitative estimate of drug-likeness (QED) is 0.865. The summed E-state index contributed by atoms with van der Waals surface area (Å²) in [5, 5.41) is 12.7. The van der Waals surface area contributed by atoms with E-state index in [1.54, 1.807) is 24.3 Å². The highest BCUT2D eigenvalue weighted by Crippen LogP contribution is 2.30.